The minimum atomic E-state index is 0.859. The smallest absolute Gasteiger partial charge is 0.158 e. The predicted molar refractivity (Wildman–Crippen MR) is 55.2 cm³/mol. The summed E-state index contributed by atoms with van der Waals surface area (Å²) in [5.41, 5.74) is 0. The van der Waals surface area contributed by atoms with E-state index in [1.807, 2.05) is 0 Å². The minimum Gasteiger partial charge on any atom is -0.409 e. The van der Waals surface area contributed by atoms with Crippen molar-refractivity contribution in [3.05, 3.63) is 0 Å². The van der Waals surface area contributed by atoms with Gasteiger partial charge >= 0.3 is 0 Å². The molecule has 1 N–H and O–H groups in total. The Morgan fingerprint density at radius 2 is 1.64 bits per heavy atom. The number of hydrazine groups is 1. The molecular weight excluding hydrogens is 178 g/mol. The molecule has 0 aromatic heterocycles. The summed E-state index contributed by atoms with van der Waals surface area (Å²) in [7, 11) is 0. The van der Waals surface area contributed by atoms with Gasteiger partial charge in [-0.3, -0.25) is 5.01 Å². The van der Waals surface area contributed by atoms with Crippen LogP contribution in [-0.2, 0) is 0 Å². The Labute approximate surface area is 85.1 Å². The molecule has 0 radical (unpaired) electrons. The third-order valence-corrected chi connectivity index (χ3v) is 3.11. The van der Waals surface area contributed by atoms with Crippen LogP contribution in [0.15, 0.2) is 5.16 Å². The Hall–Kier alpha value is -0.770. The number of rotatable bonds is 1. The van der Waals surface area contributed by atoms with Crippen LogP contribution in [0, 0.1) is 0 Å². The molecule has 2 saturated heterocycles. The van der Waals surface area contributed by atoms with Crippen molar-refractivity contribution in [1.29, 1.82) is 0 Å². The summed E-state index contributed by atoms with van der Waals surface area (Å²) < 4.78 is 0. The number of hydrogen-bond acceptors (Lipinski definition) is 3. The van der Waals surface area contributed by atoms with E-state index in [2.05, 4.69) is 15.2 Å². The van der Waals surface area contributed by atoms with Crippen molar-refractivity contribution in [3.8, 4) is 0 Å². The van der Waals surface area contributed by atoms with Crippen LogP contribution in [0.4, 0.5) is 0 Å². The van der Waals surface area contributed by atoms with E-state index < -0.39 is 0 Å². The van der Waals surface area contributed by atoms with Crippen LogP contribution in [0.1, 0.15) is 38.5 Å². The topological polar surface area (TPSA) is 39.1 Å². The lowest BCUT2D eigenvalue weighted by Gasteiger charge is -2.40. The quantitative estimate of drug-likeness (QED) is 0.513. The minimum absolute atomic E-state index is 0.859. The predicted octanol–water partition coefficient (Wildman–Crippen LogP) is 1.66. The molecule has 2 heterocycles. The summed E-state index contributed by atoms with van der Waals surface area (Å²) in [6.07, 6.45) is 7.19. The molecule has 4 nitrogen and oxygen atoms in total. The summed E-state index contributed by atoms with van der Waals surface area (Å²) in [5, 5.41) is 16.8. The van der Waals surface area contributed by atoms with Gasteiger partial charge in [0.2, 0.25) is 0 Å². The average molecular weight is 197 g/mol. The van der Waals surface area contributed by atoms with E-state index in [-0.39, 0.29) is 0 Å². The van der Waals surface area contributed by atoms with Gasteiger partial charge in [0.05, 0.1) is 0 Å². The summed E-state index contributed by atoms with van der Waals surface area (Å²) in [6, 6.07) is 0. The lowest BCUT2D eigenvalue weighted by atomic mass is 10.1. The second kappa shape index (κ2) is 4.64. The van der Waals surface area contributed by atoms with Gasteiger partial charge in [-0.1, -0.05) is 11.6 Å². The highest BCUT2D eigenvalue weighted by Crippen LogP contribution is 2.18. The second-order valence-electron chi connectivity index (χ2n) is 4.11. The number of hydrogen-bond donors (Lipinski definition) is 1. The number of amidine groups is 1. The maximum atomic E-state index is 8.91. The normalized spacial score (nSPS) is 28.3. The van der Waals surface area contributed by atoms with Gasteiger partial charge in [0.1, 0.15) is 0 Å². The van der Waals surface area contributed by atoms with E-state index in [4.69, 9.17) is 5.21 Å². The van der Waals surface area contributed by atoms with Crippen LogP contribution in [0.2, 0.25) is 0 Å². The first-order chi connectivity index (χ1) is 6.92. The Balaban J connectivity index is 1.98. The molecule has 80 valence electrons. The molecule has 14 heavy (non-hydrogen) atoms. The molecule has 0 unspecified atom stereocenters. The molecule has 0 spiro atoms. The second-order valence-corrected chi connectivity index (χ2v) is 4.11. The molecule has 4 heteroatoms. The lowest BCUT2D eigenvalue weighted by Crippen LogP contribution is -2.50. The SMILES string of the molecule is ON=C1CCCCN1N1CCCCC1. The van der Waals surface area contributed by atoms with Crippen LogP contribution in [-0.4, -0.2) is 40.7 Å². The molecule has 2 fully saturated rings. The van der Waals surface area contributed by atoms with E-state index in [0.717, 1.165) is 38.3 Å². The highest BCUT2D eigenvalue weighted by molar-refractivity contribution is 5.81. The van der Waals surface area contributed by atoms with Crippen molar-refractivity contribution in [1.82, 2.24) is 10.0 Å². The van der Waals surface area contributed by atoms with Crippen molar-refractivity contribution < 1.29 is 5.21 Å². The van der Waals surface area contributed by atoms with Crippen molar-refractivity contribution in [2.24, 2.45) is 5.16 Å². The molecule has 0 aliphatic carbocycles. The van der Waals surface area contributed by atoms with Gasteiger partial charge < -0.3 is 5.21 Å². The van der Waals surface area contributed by atoms with Crippen LogP contribution >= 0.6 is 0 Å². The Morgan fingerprint density at radius 1 is 0.929 bits per heavy atom. The number of nitrogens with zero attached hydrogens (tertiary/aromatic N) is 3. The van der Waals surface area contributed by atoms with Gasteiger partial charge in [-0.25, -0.2) is 5.01 Å². The van der Waals surface area contributed by atoms with Crippen molar-refractivity contribution in [2.75, 3.05) is 19.6 Å². The average Bonchev–Trinajstić information content (AvgIpc) is 2.30. The standard InChI is InChI=1S/C10H19N3O/c14-11-10-6-2-5-9-13(10)12-7-3-1-4-8-12/h14H,1-9H2. The highest BCUT2D eigenvalue weighted by Gasteiger charge is 2.24. The van der Waals surface area contributed by atoms with Crippen LogP contribution in [0.5, 0.6) is 0 Å². The Morgan fingerprint density at radius 3 is 2.36 bits per heavy atom. The summed E-state index contributed by atoms with van der Waals surface area (Å²) in [5.74, 6) is 0.859. The van der Waals surface area contributed by atoms with E-state index in [9.17, 15) is 0 Å². The third-order valence-electron chi connectivity index (χ3n) is 3.11. The zero-order valence-electron chi connectivity index (χ0n) is 8.65. The Bertz CT molecular complexity index is 211. The maximum Gasteiger partial charge on any atom is 0.158 e. The van der Waals surface area contributed by atoms with E-state index in [1.165, 1.54) is 25.7 Å². The van der Waals surface area contributed by atoms with E-state index >= 15 is 0 Å². The Kier molecular flexibility index (Phi) is 3.24. The van der Waals surface area contributed by atoms with Gasteiger partial charge in [-0.05, 0) is 25.7 Å². The summed E-state index contributed by atoms with van der Waals surface area (Å²) >= 11 is 0. The fourth-order valence-corrected chi connectivity index (χ4v) is 2.33. The van der Waals surface area contributed by atoms with E-state index in [1.54, 1.807) is 0 Å². The summed E-state index contributed by atoms with van der Waals surface area (Å²) in [6.45, 7) is 3.28. The number of oxime groups is 1. The molecule has 0 saturated carbocycles. The molecule has 2 aliphatic heterocycles. The molecule has 0 bridgehead atoms. The van der Waals surface area contributed by atoms with Crippen molar-refractivity contribution >= 4 is 5.84 Å². The molecule has 2 aliphatic rings. The van der Waals surface area contributed by atoms with Crippen molar-refractivity contribution in [2.45, 2.75) is 38.5 Å². The zero-order valence-corrected chi connectivity index (χ0v) is 8.65. The lowest BCUT2D eigenvalue weighted by molar-refractivity contribution is 0.0128. The van der Waals surface area contributed by atoms with Gasteiger partial charge in [-0.2, -0.15) is 0 Å². The third kappa shape index (κ3) is 2.00. The monoisotopic (exact) mass is 197 g/mol. The highest BCUT2D eigenvalue weighted by atomic mass is 16.4. The molecule has 0 aromatic rings. The largest absolute Gasteiger partial charge is 0.409 e. The van der Waals surface area contributed by atoms with Gasteiger partial charge in [0.15, 0.2) is 5.84 Å². The van der Waals surface area contributed by atoms with Gasteiger partial charge in [0.25, 0.3) is 0 Å². The van der Waals surface area contributed by atoms with Crippen LogP contribution in [0.25, 0.3) is 0 Å². The molecule has 0 amide bonds. The number of piperidine rings is 2. The van der Waals surface area contributed by atoms with Crippen molar-refractivity contribution in [3.63, 3.8) is 0 Å². The van der Waals surface area contributed by atoms with Gasteiger partial charge in [0, 0.05) is 26.1 Å². The first kappa shape index (κ1) is 9.77. The molecule has 2 rings (SSSR count). The van der Waals surface area contributed by atoms with E-state index in [0.29, 0.717) is 0 Å². The zero-order chi connectivity index (χ0) is 9.80. The molecule has 0 atom stereocenters. The fraction of sp³-hybridized carbons (Fsp3) is 0.900. The molecule has 0 aromatic carbocycles. The molecular formula is C10H19N3O. The van der Waals surface area contributed by atoms with Crippen LogP contribution < -0.4 is 0 Å². The van der Waals surface area contributed by atoms with Gasteiger partial charge in [-0.15, -0.1) is 0 Å². The fourth-order valence-electron chi connectivity index (χ4n) is 2.33. The summed E-state index contributed by atoms with van der Waals surface area (Å²) in [4.78, 5) is 0. The maximum absolute atomic E-state index is 8.91. The first-order valence-electron chi connectivity index (χ1n) is 5.65. The first-order valence-corrected chi connectivity index (χ1v) is 5.65. The van der Waals surface area contributed by atoms with Crippen LogP contribution in [0.3, 0.4) is 0 Å².